The molecule has 130 valence electrons. The molecule has 24 heavy (non-hydrogen) atoms. The molecule has 0 saturated heterocycles. The Morgan fingerprint density at radius 1 is 1.25 bits per heavy atom. The van der Waals surface area contributed by atoms with Gasteiger partial charge >= 0.3 is 0 Å². The molecule has 0 radical (unpaired) electrons. The van der Waals surface area contributed by atoms with E-state index in [4.69, 9.17) is 0 Å². The summed E-state index contributed by atoms with van der Waals surface area (Å²) in [6.45, 7) is 2.24. The molecule has 1 fully saturated rings. The minimum absolute atomic E-state index is 0.239. The van der Waals surface area contributed by atoms with Crippen molar-refractivity contribution in [1.82, 2.24) is 10.3 Å². The van der Waals surface area contributed by atoms with Crippen LogP contribution in [-0.2, 0) is 11.2 Å². The number of rotatable bonds is 8. The molecular formula is C21H30N2O. The molecule has 1 heterocycles. The van der Waals surface area contributed by atoms with Gasteiger partial charge in [0.25, 0.3) is 0 Å². The van der Waals surface area contributed by atoms with Crippen molar-refractivity contribution in [1.29, 1.82) is 0 Å². The van der Waals surface area contributed by atoms with Crippen molar-refractivity contribution >= 4 is 16.8 Å². The van der Waals surface area contributed by atoms with Crippen molar-refractivity contribution in [2.45, 2.75) is 70.8 Å². The maximum absolute atomic E-state index is 12.3. The summed E-state index contributed by atoms with van der Waals surface area (Å²) in [6, 6.07) is 8.80. The number of aromatic amines is 1. The Morgan fingerprint density at radius 2 is 2.12 bits per heavy atom. The fourth-order valence-corrected chi connectivity index (χ4v) is 4.10. The average Bonchev–Trinajstić information content (AvgIpc) is 3.20. The van der Waals surface area contributed by atoms with Crippen LogP contribution in [0, 0.1) is 5.92 Å². The van der Waals surface area contributed by atoms with Crippen LogP contribution in [0.3, 0.4) is 0 Å². The Labute approximate surface area is 145 Å². The number of benzene rings is 1. The number of H-pyrrole nitrogens is 1. The quantitative estimate of drug-likeness (QED) is 0.707. The summed E-state index contributed by atoms with van der Waals surface area (Å²) in [7, 11) is 0. The third kappa shape index (κ3) is 4.19. The van der Waals surface area contributed by atoms with Gasteiger partial charge in [-0.05, 0) is 49.7 Å². The summed E-state index contributed by atoms with van der Waals surface area (Å²) in [5.74, 6) is 0.950. The highest BCUT2D eigenvalue weighted by Gasteiger charge is 2.27. The van der Waals surface area contributed by atoms with E-state index in [2.05, 4.69) is 41.6 Å². The number of hydrogen-bond donors (Lipinski definition) is 2. The minimum atomic E-state index is 0.239. The topological polar surface area (TPSA) is 44.9 Å². The molecule has 0 spiro atoms. The largest absolute Gasteiger partial charge is 0.361 e. The van der Waals surface area contributed by atoms with Gasteiger partial charge in [0.2, 0.25) is 5.91 Å². The van der Waals surface area contributed by atoms with E-state index < -0.39 is 0 Å². The summed E-state index contributed by atoms with van der Waals surface area (Å²) in [6.07, 6.45) is 12.1. The van der Waals surface area contributed by atoms with Crippen molar-refractivity contribution in [3.63, 3.8) is 0 Å². The van der Waals surface area contributed by atoms with Gasteiger partial charge in [0.1, 0.15) is 0 Å². The highest BCUT2D eigenvalue weighted by atomic mass is 16.1. The van der Waals surface area contributed by atoms with Crippen LogP contribution in [0.25, 0.3) is 10.9 Å². The SMILES string of the molecule is CCCCC1CCCC1NC(=O)CCCc1c[nH]c2ccccc12. The predicted molar refractivity (Wildman–Crippen MR) is 100 cm³/mol. The highest BCUT2D eigenvalue weighted by Crippen LogP contribution is 2.30. The Kier molecular flexibility index (Phi) is 5.95. The lowest BCUT2D eigenvalue weighted by molar-refractivity contribution is -0.122. The van der Waals surface area contributed by atoms with Crippen LogP contribution in [-0.4, -0.2) is 16.9 Å². The molecule has 3 rings (SSSR count). The van der Waals surface area contributed by atoms with E-state index in [0.29, 0.717) is 18.4 Å². The fraction of sp³-hybridized carbons (Fsp3) is 0.571. The zero-order valence-electron chi connectivity index (χ0n) is 14.8. The predicted octanol–water partition coefficient (Wildman–Crippen LogP) is 4.97. The van der Waals surface area contributed by atoms with Gasteiger partial charge < -0.3 is 10.3 Å². The van der Waals surface area contributed by atoms with Crippen LogP contribution >= 0.6 is 0 Å². The van der Waals surface area contributed by atoms with E-state index in [1.54, 1.807) is 0 Å². The van der Waals surface area contributed by atoms with Gasteiger partial charge in [-0.15, -0.1) is 0 Å². The van der Waals surface area contributed by atoms with Crippen molar-refractivity contribution < 1.29 is 4.79 Å². The zero-order valence-corrected chi connectivity index (χ0v) is 14.8. The zero-order chi connectivity index (χ0) is 16.8. The molecule has 2 unspecified atom stereocenters. The van der Waals surface area contributed by atoms with Gasteiger partial charge in [-0.3, -0.25) is 4.79 Å². The Bertz CT molecular complexity index is 661. The maximum Gasteiger partial charge on any atom is 0.220 e. The minimum Gasteiger partial charge on any atom is -0.361 e. The van der Waals surface area contributed by atoms with E-state index in [0.717, 1.165) is 12.8 Å². The second kappa shape index (κ2) is 8.36. The molecule has 0 bridgehead atoms. The Balaban J connectivity index is 1.44. The van der Waals surface area contributed by atoms with Crippen molar-refractivity contribution in [2.75, 3.05) is 0 Å². The molecule has 2 N–H and O–H groups in total. The van der Waals surface area contributed by atoms with Crippen LogP contribution in [0.4, 0.5) is 0 Å². The standard InChI is InChI=1S/C21H30N2O/c1-2-3-8-16-9-6-13-19(16)23-21(24)14-7-10-17-15-22-20-12-5-4-11-18(17)20/h4-5,11-12,15-16,19,22H,2-3,6-10,13-14H2,1H3,(H,23,24). The smallest absolute Gasteiger partial charge is 0.220 e. The van der Waals surface area contributed by atoms with Crippen LogP contribution in [0.15, 0.2) is 30.5 Å². The maximum atomic E-state index is 12.3. The first-order chi connectivity index (χ1) is 11.8. The van der Waals surface area contributed by atoms with Crippen molar-refractivity contribution in [3.8, 4) is 0 Å². The molecule has 1 saturated carbocycles. The number of amides is 1. The fourth-order valence-electron chi connectivity index (χ4n) is 4.10. The molecule has 1 aromatic carbocycles. The first-order valence-corrected chi connectivity index (χ1v) is 9.62. The normalized spacial score (nSPS) is 20.5. The molecule has 2 atom stereocenters. The number of fused-ring (bicyclic) bond motifs is 1. The van der Waals surface area contributed by atoms with E-state index in [1.807, 2.05) is 6.07 Å². The summed E-state index contributed by atoms with van der Waals surface area (Å²) in [5, 5.41) is 4.59. The second-order valence-electron chi connectivity index (χ2n) is 7.22. The molecule has 1 aliphatic rings. The molecule has 1 aromatic heterocycles. The number of aromatic nitrogens is 1. The first kappa shape index (κ1) is 17.1. The number of para-hydroxylation sites is 1. The van der Waals surface area contributed by atoms with E-state index in [1.165, 1.54) is 55.0 Å². The van der Waals surface area contributed by atoms with Crippen LogP contribution in [0.5, 0.6) is 0 Å². The van der Waals surface area contributed by atoms with Gasteiger partial charge in [0.15, 0.2) is 0 Å². The highest BCUT2D eigenvalue weighted by molar-refractivity contribution is 5.83. The lowest BCUT2D eigenvalue weighted by Gasteiger charge is -2.20. The van der Waals surface area contributed by atoms with Crippen LogP contribution in [0.2, 0.25) is 0 Å². The van der Waals surface area contributed by atoms with E-state index >= 15 is 0 Å². The number of unbranched alkanes of at least 4 members (excludes halogenated alkanes) is 1. The number of nitrogens with one attached hydrogen (secondary N) is 2. The monoisotopic (exact) mass is 326 g/mol. The summed E-state index contributed by atoms with van der Waals surface area (Å²) < 4.78 is 0. The lowest BCUT2D eigenvalue weighted by atomic mass is 9.96. The summed E-state index contributed by atoms with van der Waals surface area (Å²) in [4.78, 5) is 15.6. The van der Waals surface area contributed by atoms with Gasteiger partial charge in [-0.25, -0.2) is 0 Å². The van der Waals surface area contributed by atoms with Crippen molar-refractivity contribution in [2.24, 2.45) is 5.92 Å². The number of carbonyl (C=O) groups is 1. The molecule has 3 heteroatoms. The average molecular weight is 326 g/mol. The Morgan fingerprint density at radius 3 is 3.00 bits per heavy atom. The van der Waals surface area contributed by atoms with E-state index in [-0.39, 0.29) is 5.91 Å². The van der Waals surface area contributed by atoms with Gasteiger partial charge in [0, 0.05) is 29.6 Å². The van der Waals surface area contributed by atoms with Gasteiger partial charge in [-0.2, -0.15) is 0 Å². The van der Waals surface area contributed by atoms with Gasteiger partial charge in [-0.1, -0.05) is 44.4 Å². The van der Waals surface area contributed by atoms with Crippen molar-refractivity contribution in [3.05, 3.63) is 36.0 Å². The molecule has 3 nitrogen and oxygen atoms in total. The number of hydrogen-bond acceptors (Lipinski definition) is 1. The molecular weight excluding hydrogens is 296 g/mol. The number of carbonyl (C=O) groups excluding carboxylic acids is 1. The first-order valence-electron chi connectivity index (χ1n) is 9.62. The second-order valence-corrected chi connectivity index (χ2v) is 7.22. The summed E-state index contributed by atoms with van der Waals surface area (Å²) in [5.41, 5.74) is 2.50. The molecule has 1 aliphatic carbocycles. The molecule has 1 amide bonds. The third-order valence-corrected chi connectivity index (χ3v) is 5.46. The van der Waals surface area contributed by atoms with Gasteiger partial charge in [0.05, 0.1) is 0 Å². The van der Waals surface area contributed by atoms with E-state index in [9.17, 15) is 4.79 Å². The lowest BCUT2D eigenvalue weighted by Crippen LogP contribution is -2.37. The number of aryl methyl sites for hydroxylation is 1. The van der Waals surface area contributed by atoms with Crippen LogP contribution < -0.4 is 5.32 Å². The molecule has 2 aromatic rings. The molecule has 0 aliphatic heterocycles. The third-order valence-electron chi connectivity index (χ3n) is 5.46. The van der Waals surface area contributed by atoms with Crippen LogP contribution in [0.1, 0.15) is 63.9 Å². The Hall–Kier alpha value is -1.77. The summed E-state index contributed by atoms with van der Waals surface area (Å²) >= 11 is 0.